The van der Waals surface area contributed by atoms with E-state index >= 15 is 0 Å². The fourth-order valence-electron chi connectivity index (χ4n) is 3.98. The first-order chi connectivity index (χ1) is 16.3. The Hall–Kier alpha value is -4.01. The number of nitrogens with one attached hydrogen (secondary N) is 3. The van der Waals surface area contributed by atoms with Gasteiger partial charge in [0, 0.05) is 31.0 Å². The normalized spacial score (nSPS) is 15.1. The van der Waals surface area contributed by atoms with Crippen LogP contribution in [0, 0.1) is 11.3 Å². The van der Waals surface area contributed by atoms with Gasteiger partial charge in [0.05, 0.1) is 17.9 Å². The molecule has 0 bridgehead atoms. The summed E-state index contributed by atoms with van der Waals surface area (Å²) in [5, 5.41) is 17.8. The van der Waals surface area contributed by atoms with Gasteiger partial charge in [-0.05, 0) is 17.5 Å². The third kappa shape index (κ3) is 5.14. The van der Waals surface area contributed by atoms with Crippen molar-refractivity contribution in [2.45, 2.75) is 39.3 Å². The zero-order valence-corrected chi connectivity index (χ0v) is 19.6. The highest BCUT2D eigenvalue weighted by Crippen LogP contribution is 2.29. The summed E-state index contributed by atoms with van der Waals surface area (Å²) in [5.41, 5.74) is 3.03. The minimum atomic E-state index is -0.670. The van der Waals surface area contributed by atoms with Gasteiger partial charge in [0.15, 0.2) is 0 Å². The molecule has 9 heteroatoms. The lowest BCUT2D eigenvalue weighted by atomic mass is 9.92. The average Bonchev–Trinajstić information content (AvgIpc) is 2.84. The highest BCUT2D eigenvalue weighted by atomic mass is 16.2. The van der Waals surface area contributed by atoms with Gasteiger partial charge in [-0.25, -0.2) is 0 Å². The number of hydrazone groups is 1. The lowest BCUT2D eigenvalue weighted by Gasteiger charge is -2.29. The Morgan fingerprint density at radius 1 is 1.06 bits per heavy atom. The number of hydrogen-bond donors (Lipinski definition) is 4. The van der Waals surface area contributed by atoms with E-state index in [1.165, 1.54) is 7.05 Å². The van der Waals surface area contributed by atoms with Gasteiger partial charge < -0.3 is 21.4 Å². The molecule has 0 fully saturated rings. The van der Waals surface area contributed by atoms with Gasteiger partial charge in [-0.2, -0.15) is 5.10 Å². The maximum atomic E-state index is 13.4. The van der Waals surface area contributed by atoms with E-state index in [4.69, 9.17) is 11.3 Å². The summed E-state index contributed by atoms with van der Waals surface area (Å²) in [6, 6.07) is 13.8. The number of para-hydroxylation sites is 1. The summed E-state index contributed by atoms with van der Waals surface area (Å²) in [4.78, 5) is 39.6. The third-order valence-electron chi connectivity index (χ3n) is 5.81. The van der Waals surface area contributed by atoms with Gasteiger partial charge in [-0.1, -0.05) is 56.3 Å². The van der Waals surface area contributed by atoms with Crippen LogP contribution in [0.4, 0.5) is 5.69 Å². The summed E-state index contributed by atoms with van der Waals surface area (Å²) in [6.45, 7) is 3.92. The molecule has 1 heterocycles. The molecular formula is C25H30N6O3. The third-order valence-corrected chi connectivity index (χ3v) is 5.81. The predicted molar refractivity (Wildman–Crippen MR) is 132 cm³/mol. The van der Waals surface area contributed by atoms with Gasteiger partial charge >= 0.3 is 0 Å². The topological polar surface area (TPSA) is 141 Å². The molecule has 0 unspecified atom stereocenters. The molecule has 0 saturated heterocycles. The molecule has 5 N–H and O–H groups in total. The molecule has 0 spiro atoms. The summed E-state index contributed by atoms with van der Waals surface area (Å²) in [5.74, 6) is 4.66. The Balaban J connectivity index is 1.87. The van der Waals surface area contributed by atoms with Crippen molar-refractivity contribution in [3.8, 4) is 0 Å². The van der Waals surface area contributed by atoms with Crippen LogP contribution in [0.3, 0.4) is 0 Å². The number of rotatable bonds is 6. The maximum absolute atomic E-state index is 13.4. The summed E-state index contributed by atoms with van der Waals surface area (Å²) >= 11 is 0. The quantitative estimate of drug-likeness (QED) is 0.384. The molecular weight excluding hydrogens is 432 g/mol. The van der Waals surface area contributed by atoms with Gasteiger partial charge in [0.2, 0.25) is 17.7 Å². The number of nitrogens with two attached hydrogens (primary N) is 1. The molecule has 34 heavy (non-hydrogen) atoms. The highest BCUT2D eigenvalue weighted by Gasteiger charge is 2.29. The summed E-state index contributed by atoms with van der Waals surface area (Å²) < 4.78 is 0. The Labute approximate surface area is 198 Å². The Bertz CT molecular complexity index is 1140. The molecule has 3 amide bonds. The molecule has 178 valence electrons. The lowest BCUT2D eigenvalue weighted by Crippen LogP contribution is -2.49. The minimum absolute atomic E-state index is 0.0482. The van der Waals surface area contributed by atoms with Crippen LogP contribution in [0.15, 0.2) is 53.6 Å². The standard InChI is InChI=1S/C25H30N6O3/c1-15(2)23(25(34)28-3)29-20(32)12-13-21(33)31-14-16-8-4-5-9-17(16)22(26)24(30-27)18-10-6-7-11-19(18)31/h4-11,15,23,26H,12-14,27H2,1-3H3,(H,28,34)(H,29,32)/t23-/m1/s1. The maximum Gasteiger partial charge on any atom is 0.242 e. The highest BCUT2D eigenvalue weighted by molar-refractivity contribution is 6.53. The number of hydrogen-bond acceptors (Lipinski definition) is 6. The van der Waals surface area contributed by atoms with Crippen LogP contribution < -0.4 is 21.4 Å². The van der Waals surface area contributed by atoms with Crippen molar-refractivity contribution in [2.75, 3.05) is 11.9 Å². The van der Waals surface area contributed by atoms with Crippen molar-refractivity contribution in [1.29, 1.82) is 5.41 Å². The van der Waals surface area contributed by atoms with Crippen LogP contribution in [-0.4, -0.2) is 42.2 Å². The Morgan fingerprint density at radius 2 is 1.71 bits per heavy atom. The molecule has 2 aromatic carbocycles. The second-order valence-electron chi connectivity index (χ2n) is 8.41. The molecule has 1 atom stereocenters. The zero-order chi connectivity index (χ0) is 24.8. The van der Waals surface area contributed by atoms with Crippen LogP contribution >= 0.6 is 0 Å². The van der Waals surface area contributed by atoms with Crippen LogP contribution in [0.2, 0.25) is 0 Å². The van der Waals surface area contributed by atoms with E-state index < -0.39 is 6.04 Å². The van der Waals surface area contributed by atoms with E-state index in [1.54, 1.807) is 35.2 Å². The van der Waals surface area contributed by atoms with E-state index in [9.17, 15) is 14.4 Å². The molecule has 2 aromatic rings. The van der Waals surface area contributed by atoms with E-state index in [2.05, 4.69) is 15.7 Å². The molecule has 0 saturated carbocycles. The van der Waals surface area contributed by atoms with Crippen molar-refractivity contribution < 1.29 is 14.4 Å². The molecule has 3 rings (SSSR count). The van der Waals surface area contributed by atoms with E-state index in [0.29, 0.717) is 16.8 Å². The number of fused-ring (bicyclic) bond motifs is 2. The second kappa shape index (κ2) is 10.7. The van der Waals surface area contributed by atoms with Crippen LogP contribution in [0.5, 0.6) is 0 Å². The molecule has 0 aromatic heterocycles. The fourth-order valence-corrected chi connectivity index (χ4v) is 3.98. The van der Waals surface area contributed by atoms with Gasteiger partial charge in [-0.15, -0.1) is 0 Å². The van der Waals surface area contributed by atoms with Crippen LogP contribution in [0.1, 0.15) is 43.4 Å². The first kappa shape index (κ1) is 24.6. The monoisotopic (exact) mass is 462 g/mol. The first-order valence-electron chi connectivity index (χ1n) is 11.1. The summed E-state index contributed by atoms with van der Waals surface area (Å²) in [7, 11) is 1.52. The van der Waals surface area contributed by atoms with Crippen molar-refractivity contribution in [1.82, 2.24) is 10.6 Å². The predicted octanol–water partition coefficient (Wildman–Crippen LogP) is 1.93. The number of likely N-dealkylation sites (N-methyl/N-ethyl adjacent to an activating group) is 1. The number of carbonyl (C=O) groups excluding carboxylic acids is 3. The van der Waals surface area contributed by atoms with Gasteiger partial charge in [0.1, 0.15) is 11.8 Å². The van der Waals surface area contributed by atoms with Crippen molar-refractivity contribution in [3.05, 3.63) is 65.2 Å². The van der Waals surface area contributed by atoms with Crippen molar-refractivity contribution >= 4 is 34.8 Å². The van der Waals surface area contributed by atoms with Crippen molar-refractivity contribution in [3.63, 3.8) is 0 Å². The molecule has 0 aliphatic carbocycles. The Kier molecular flexibility index (Phi) is 7.78. The Morgan fingerprint density at radius 3 is 2.35 bits per heavy atom. The molecule has 1 aliphatic heterocycles. The van der Waals surface area contributed by atoms with Gasteiger partial charge in [-0.3, -0.25) is 19.8 Å². The van der Waals surface area contributed by atoms with Crippen LogP contribution in [0.25, 0.3) is 0 Å². The zero-order valence-electron chi connectivity index (χ0n) is 19.6. The number of nitrogens with zero attached hydrogens (tertiary/aromatic N) is 2. The van der Waals surface area contributed by atoms with E-state index in [-0.39, 0.29) is 54.4 Å². The van der Waals surface area contributed by atoms with E-state index in [1.807, 2.05) is 32.0 Å². The lowest BCUT2D eigenvalue weighted by molar-refractivity contribution is -0.130. The SMILES string of the molecule is CNC(=O)[C@H](NC(=O)CCC(=O)N1Cc2ccccc2C(=N)C(=NN)c2ccccc21)C(C)C. The second-order valence-corrected chi connectivity index (χ2v) is 8.41. The molecule has 0 radical (unpaired) electrons. The smallest absolute Gasteiger partial charge is 0.242 e. The summed E-state index contributed by atoms with van der Waals surface area (Å²) in [6.07, 6.45) is -0.111. The number of benzene rings is 2. The first-order valence-corrected chi connectivity index (χ1v) is 11.1. The average molecular weight is 463 g/mol. The fraction of sp³-hybridized carbons (Fsp3) is 0.320. The number of anilines is 1. The van der Waals surface area contributed by atoms with Gasteiger partial charge in [0.25, 0.3) is 0 Å². The number of carbonyl (C=O) groups is 3. The van der Waals surface area contributed by atoms with E-state index in [0.717, 1.165) is 5.56 Å². The number of amides is 3. The minimum Gasteiger partial charge on any atom is -0.357 e. The van der Waals surface area contributed by atoms with Crippen molar-refractivity contribution in [2.24, 2.45) is 16.9 Å². The molecule has 9 nitrogen and oxygen atoms in total. The van der Waals surface area contributed by atoms with Crippen LogP contribution in [-0.2, 0) is 20.9 Å². The molecule has 1 aliphatic rings. The largest absolute Gasteiger partial charge is 0.357 e.